The minimum Gasteiger partial charge on any atom is -0.320 e. The van der Waals surface area contributed by atoms with Crippen LogP contribution < -0.4 is 10.6 Å². The quantitative estimate of drug-likeness (QED) is 0.893. The van der Waals surface area contributed by atoms with Crippen LogP contribution in [0.5, 0.6) is 0 Å². The molecule has 1 fully saturated rings. The van der Waals surface area contributed by atoms with Crippen molar-refractivity contribution in [2.24, 2.45) is 5.41 Å². The molecule has 1 saturated carbocycles. The Hall–Kier alpha value is -1.49. The molecule has 1 aromatic rings. The van der Waals surface area contributed by atoms with Gasteiger partial charge < -0.3 is 10.6 Å². The van der Waals surface area contributed by atoms with Crippen LogP contribution in [0, 0.1) is 17.0 Å². The molecule has 0 unspecified atom stereocenters. The van der Waals surface area contributed by atoms with E-state index < -0.39 is 17.5 Å². The number of amides is 1. The molecular formula is C16H22F2N2O. The number of hydrogen-bond acceptors (Lipinski definition) is 2. The summed E-state index contributed by atoms with van der Waals surface area (Å²) >= 11 is 0. The van der Waals surface area contributed by atoms with Crippen molar-refractivity contribution in [2.75, 3.05) is 11.9 Å². The Morgan fingerprint density at radius 3 is 2.38 bits per heavy atom. The summed E-state index contributed by atoms with van der Waals surface area (Å²) in [6, 6.07) is 3.81. The summed E-state index contributed by atoms with van der Waals surface area (Å²) < 4.78 is 26.8. The lowest BCUT2D eigenvalue weighted by atomic mass is 9.75. The number of nitrogens with one attached hydrogen (secondary N) is 2. The van der Waals surface area contributed by atoms with Gasteiger partial charge in [-0.25, -0.2) is 8.78 Å². The number of carbonyl (C=O) groups is 1. The number of rotatable bonds is 4. The first-order valence-electron chi connectivity index (χ1n) is 7.35. The van der Waals surface area contributed by atoms with Gasteiger partial charge in [-0.2, -0.15) is 0 Å². The van der Waals surface area contributed by atoms with E-state index in [4.69, 9.17) is 0 Å². The van der Waals surface area contributed by atoms with Gasteiger partial charge in [0.25, 0.3) is 0 Å². The van der Waals surface area contributed by atoms with Crippen molar-refractivity contribution >= 4 is 11.6 Å². The molecule has 0 aliphatic heterocycles. The fourth-order valence-corrected chi connectivity index (χ4v) is 2.64. The Kier molecular flexibility index (Phi) is 4.93. The molecule has 1 aliphatic carbocycles. The first-order valence-corrected chi connectivity index (χ1v) is 7.35. The zero-order chi connectivity index (χ0) is 15.5. The molecule has 0 spiro atoms. The van der Waals surface area contributed by atoms with Crippen LogP contribution in [0.25, 0.3) is 0 Å². The number of anilines is 1. The highest BCUT2D eigenvalue weighted by Gasteiger charge is 2.26. The lowest BCUT2D eigenvalue weighted by Crippen LogP contribution is -2.39. The topological polar surface area (TPSA) is 41.1 Å². The molecule has 0 radical (unpaired) electrons. The minimum absolute atomic E-state index is 0.0683. The average molecular weight is 296 g/mol. The van der Waals surface area contributed by atoms with E-state index in [0.29, 0.717) is 11.5 Å². The third-order valence-corrected chi connectivity index (χ3v) is 4.12. The van der Waals surface area contributed by atoms with Gasteiger partial charge in [-0.1, -0.05) is 19.9 Å². The zero-order valence-corrected chi connectivity index (χ0v) is 12.5. The summed E-state index contributed by atoms with van der Waals surface area (Å²) in [4.78, 5) is 11.8. The molecule has 1 amide bonds. The Bertz CT molecular complexity index is 487. The fourth-order valence-electron chi connectivity index (χ4n) is 2.64. The normalized spacial score (nSPS) is 18.5. The molecule has 0 atom stereocenters. The van der Waals surface area contributed by atoms with E-state index in [1.54, 1.807) is 0 Å². The largest absolute Gasteiger partial charge is 0.320 e. The summed E-state index contributed by atoms with van der Waals surface area (Å²) in [5.41, 5.74) is -0.00872. The van der Waals surface area contributed by atoms with E-state index in [1.807, 2.05) is 0 Å². The summed E-state index contributed by atoms with van der Waals surface area (Å²) in [5.74, 6) is -1.95. The van der Waals surface area contributed by atoms with Gasteiger partial charge in [-0.3, -0.25) is 4.79 Å². The second-order valence-electron chi connectivity index (χ2n) is 6.46. The van der Waals surface area contributed by atoms with E-state index in [0.717, 1.165) is 37.8 Å². The first-order chi connectivity index (χ1) is 9.87. The minimum atomic E-state index is -0.761. The van der Waals surface area contributed by atoms with E-state index >= 15 is 0 Å². The van der Waals surface area contributed by atoms with Gasteiger partial charge in [0.1, 0.15) is 17.3 Å². The summed E-state index contributed by atoms with van der Waals surface area (Å²) in [7, 11) is 0. The van der Waals surface area contributed by atoms with Crippen LogP contribution in [0.1, 0.15) is 39.5 Å². The van der Waals surface area contributed by atoms with Crippen LogP contribution in [0.15, 0.2) is 18.2 Å². The van der Waals surface area contributed by atoms with Gasteiger partial charge in [-0.05, 0) is 43.2 Å². The predicted molar refractivity (Wildman–Crippen MR) is 79.0 cm³/mol. The molecule has 3 nitrogen and oxygen atoms in total. The lowest BCUT2D eigenvalue weighted by Gasteiger charge is -2.34. The van der Waals surface area contributed by atoms with Gasteiger partial charge in [-0.15, -0.1) is 0 Å². The smallest absolute Gasteiger partial charge is 0.238 e. The second kappa shape index (κ2) is 6.52. The molecule has 2 N–H and O–H groups in total. The monoisotopic (exact) mass is 296 g/mol. The number of carbonyl (C=O) groups excluding carboxylic acids is 1. The van der Waals surface area contributed by atoms with Crippen LogP contribution in [-0.2, 0) is 4.79 Å². The average Bonchev–Trinajstić information content (AvgIpc) is 2.42. The van der Waals surface area contributed by atoms with Crippen molar-refractivity contribution in [1.29, 1.82) is 0 Å². The van der Waals surface area contributed by atoms with Gasteiger partial charge in [0.15, 0.2) is 0 Å². The zero-order valence-electron chi connectivity index (χ0n) is 12.5. The fraction of sp³-hybridized carbons (Fsp3) is 0.562. The van der Waals surface area contributed by atoms with Crippen molar-refractivity contribution in [1.82, 2.24) is 5.32 Å². The van der Waals surface area contributed by atoms with E-state index in [1.165, 1.54) is 6.07 Å². The Balaban J connectivity index is 1.81. The maximum atomic E-state index is 13.4. The maximum Gasteiger partial charge on any atom is 0.238 e. The predicted octanol–water partition coefficient (Wildman–Crippen LogP) is 3.46. The highest BCUT2D eigenvalue weighted by Crippen LogP contribution is 2.34. The summed E-state index contributed by atoms with van der Waals surface area (Å²) in [6.07, 6.45) is 4.28. The first kappa shape index (κ1) is 15.9. The lowest BCUT2D eigenvalue weighted by molar-refractivity contribution is -0.115. The molecule has 0 bridgehead atoms. The van der Waals surface area contributed by atoms with E-state index in [-0.39, 0.29) is 12.2 Å². The van der Waals surface area contributed by atoms with Crippen molar-refractivity contribution in [3.8, 4) is 0 Å². The van der Waals surface area contributed by atoms with Crippen molar-refractivity contribution in [3.05, 3.63) is 29.8 Å². The molecule has 116 valence electrons. The SMILES string of the molecule is CC1(C)CCC(NCC(=O)Nc2c(F)cccc2F)CC1. The van der Waals surface area contributed by atoms with Crippen LogP contribution in [-0.4, -0.2) is 18.5 Å². The standard InChI is InChI=1S/C16H22F2N2O/c1-16(2)8-6-11(7-9-16)19-10-14(21)20-15-12(17)4-3-5-13(15)18/h3-5,11,19H,6-10H2,1-2H3,(H,20,21). The molecule has 0 saturated heterocycles. The van der Waals surface area contributed by atoms with Crippen molar-refractivity contribution in [3.63, 3.8) is 0 Å². The molecule has 5 heteroatoms. The van der Waals surface area contributed by atoms with Crippen LogP contribution in [0.2, 0.25) is 0 Å². The highest BCUT2D eigenvalue weighted by molar-refractivity contribution is 5.92. The van der Waals surface area contributed by atoms with E-state index in [2.05, 4.69) is 24.5 Å². The van der Waals surface area contributed by atoms with Gasteiger partial charge in [0, 0.05) is 6.04 Å². The molecule has 0 heterocycles. The second-order valence-corrected chi connectivity index (χ2v) is 6.46. The van der Waals surface area contributed by atoms with Crippen molar-refractivity contribution in [2.45, 2.75) is 45.6 Å². The molecular weight excluding hydrogens is 274 g/mol. The molecule has 0 aromatic heterocycles. The number of halogens is 2. The Morgan fingerprint density at radius 1 is 1.24 bits per heavy atom. The van der Waals surface area contributed by atoms with Gasteiger partial charge in [0.05, 0.1) is 6.54 Å². The summed E-state index contributed by atoms with van der Waals surface area (Å²) in [6.45, 7) is 4.56. The Morgan fingerprint density at radius 2 is 1.81 bits per heavy atom. The molecule has 2 rings (SSSR count). The van der Waals surface area contributed by atoms with Crippen LogP contribution in [0.4, 0.5) is 14.5 Å². The number of hydrogen-bond donors (Lipinski definition) is 2. The number of para-hydroxylation sites is 1. The Labute approximate surface area is 124 Å². The third-order valence-electron chi connectivity index (χ3n) is 4.12. The van der Waals surface area contributed by atoms with Crippen LogP contribution >= 0.6 is 0 Å². The maximum absolute atomic E-state index is 13.4. The molecule has 1 aliphatic rings. The highest BCUT2D eigenvalue weighted by atomic mass is 19.1. The van der Waals surface area contributed by atoms with Gasteiger partial charge >= 0.3 is 0 Å². The summed E-state index contributed by atoms with van der Waals surface area (Å²) in [5, 5.41) is 5.44. The van der Waals surface area contributed by atoms with E-state index in [9.17, 15) is 13.6 Å². The van der Waals surface area contributed by atoms with Crippen LogP contribution in [0.3, 0.4) is 0 Å². The van der Waals surface area contributed by atoms with Crippen molar-refractivity contribution < 1.29 is 13.6 Å². The number of benzene rings is 1. The molecule has 21 heavy (non-hydrogen) atoms. The van der Waals surface area contributed by atoms with Gasteiger partial charge in [0.2, 0.25) is 5.91 Å². The molecule has 1 aromatic carbocycles. The third kappa shape index (κ3) is 4.49.